The maximum atomic E-state index is 8.39. The first kappa shape index (κ1) is 7.16. The van der Waals surface area contributed by atoms with E-state index in [4.69, 9.17) is 9.76 Å². The van der Waals surface area contributed by atoms with Gasteiger partial charge in [-0.25, -0.2) is 0 Å². The van der Waals surface area contributed by atoms with E-state index < -0.39 is 0 Å². The van der Waals surface area contributed by atoms with E-state index in [1.807, 2.05) is 12.1 Å². The Kier molecular flexibility index (Phi) is 2.83. The SMILES string of the molecule is OBCOc1[c]cccc1. The Labute approximate surface area is 60.7 Å². The van der Waals surface area contributed by atoms with E-state index in [1.165, 1.54) is 0 Å². The fraction of sp³-hybridized carbons (Fsp3) is 0.143. The summed E-state index contributed by atoms with van der Waals surface area (Å²) >= 11 is 0. The Bertz CT molecular complexity index is 176. The molecule has 0 fully saturated rings. The fourth-order valence-electron chi connectivity index (χ4n) is 0.622. The van der Waals surface area contributed by atoms with Gasteiger partial charge in [0.15, 0.2) is 0 Å². The molecule has 0 heterocycles. The van der Waals surface area contributed by atoms with Crippen LogP contribution in [-0.4, -0.2) is 19.0 Å². The van der Waals surface area contributed by atoms with Crippen molar-refractivity contribution in [1.82, 2.24) is 0 Å². The Balaban J connectivity index is 2.43. The molecule has 1 aromatic rings. The predicted molar refractivity (Wildman–Crippen MR) is 40.1 cm³/mol. The lowest BCUT2D eigenvalue weighted by molar-refractivity contribution is 0.366. The van der Waals surface area contributed by atoms with Crippen LogP contribution in [0.4, 0.5) is 0 Å². The van der Waals surface area contributed by atoms with Crippen LogP contribution < -0.4 is 4.74 Å². The minimum Gasteiger partial charge on any atom is -0.498 e. The zero-order chi connectivity index (χ0) is 7.23. The van der Waals surface area contributed by atoms with E-state index in [2.05, 4.69) is 6.07 Å². The lowest BCUT2D eigenvalue weighted by Crippen LogP contribution is -2.04. The first-order valence-electron chi connectivity index (χ1n) is 3.14. The maximum absolute atomic E-state index is 8.39. The van der Waals surface area contributed by atoms with Crippen molar-refractivity contribution >= 4 is 7.48 Å². The lowest BCUT2D eigenvalue weighted by Gasteiger charge is -2.00. The summed E-state index contributed by atoms with van der Waals surface area (Å²) in [5.74, 6) is 0.677. The second kappa shape index (κ2) is 3.96. The van der Waals surface area contributed by atoms with Crippen molar-refractivity contribution in [2.75, 3.05) is 6.51 Å². The monoisotopic (exact) mass is 135 g/mol. The molecule has 0 saturated heterocycles. The molecule has 0 aromatic heterocycles. The van der Waals surface area contributed by atoms with Crippen LogP contribution in [-0.2, 0) is 0 Å². The van der Waals surface area contributed by atoms with Gasteiger partial charge in [-0.3, -0.25) is 0 Å². The molecular formula is C7H8BO2. The quantitative estimate of drug-likeness (QED) is 0.598. The van der Waals surface area contributed by atoms with Crippen LogP contribution in [0.15, 0.2) is 24.3 Å². The van der Waals surface area contributed by atoms with Crippen molar-refractivity contribution in [2.24, 2.45) is 0 Å². The van der Waals surface area contributed by atoms with Crippen molar-refractivity contribution in [3.8, 4) is 5.75 Å². The number of ether oxygens (including phenoxy) is 1. The zero-order valence-corrected chi connectivity index (χ0v) is 5.58. The van der Waals surface area contributed by atoms with E-state index in [-0.39, 0.29) is 7.48 Å². The molecule has 0 aliphatic carbocycles. The van der Waals surface area contributed by atoms with Crippen LogP contribution in [0.25, 0.3) is 0 Å². The average molecular weight is 135 g/mol. The number of hydrogen-bond donors (Lipinski definition) is 1. The van der Waals surface area contributed by atoms with Gasteiger partial charge in [-0.05, 0) is 6.07 Å². The molecule has 2 nitrogen and oxygen atoms in total. The third kappa shape index (κ3) is 2.11. The minimum absolute atomic E-state index is 0.0444. The summed E-state index contributed by atoms with van der Waals surface area (Å²) in [5.41, 5.74) is 0. The van der Waals surface area contributed by atoms with Crippen molar-refractivity contribution in [2.45, 2.75) is 0 Å². The van der Waals surface area contributed by atoms with Crippen LogP contribution in [0.3, 0.4) is 0 Å². The van der Waals surface area contributed by atoms with E-state index >= 15 is 0 Å². The standard InChI is InChI=1S/C7H8BO2/c9-8-6-10-7-4-2-1-3-5-7/h1-4,8-9H,6H2. The van der Waals surface area contributed by atoms with Crippen molar-refractivity contribution in [3.63, 3.8) is 0 Å². The number of hydrogen-bond acceptors (Lipinski definition) is 2. The third-order valence-electron chi connectivity index (χ3n) is 1.03. The summed E-state index contributed by atoms with van der Waals surface area (Å²) in [6.45, 7) is 0.334. The lowest BCUT2D eigenvalue weighted by atomic mass is 10.1. The number of para-hydroxylation sites is 1. The summed E-state index contributed by atoms with van der Waals surface area (Å²) in [4.78, 5) is 0. The molecule has 10 heavy (non-hydrogen) atoms. The van der Waals surface area contributed by atoms with Crippen molar-refractivity contribution in [1.29, 1.82) is 0 Å². The third-order valence-corrected chi connectivity index (χ3v) is 1.03. The second-order valence-corrected chi connectivity index (χ2v) is 1.80. The molecule has 0 saturated carbocycles. The fourth-order valence-corrected chi connectivity index (χ4v) is 0.622. The van der Waals surface area contributed by atoms with Crippen LogP contribution in [0.1, 0.15) is 0 Å². The van der Waals surface area contributed by atoms with Gasteiger partial charge in [0.25, 0.3) is 0 Å². The molecule has 0 amide bonds. The summed E-state index contributed by atoms with van der Waals surface area (Å²) in [5, 5.41) is 8.39. The van der Waals surface area contributed by atoms with Gasteiger partial charge in [0, 0.05) is 6.07 Å². The number of benzene rings is 1. The molecular weight excluding hydrogens is 127 g/mol. The van der Waals surface area contributed by atoms with Gasteiger partial charge >= 0.3 is 7.48 Å². The molecule has 1 radical (unpaired) electrons. The molecule has 0 bridgehead atoms. The van der Waals surface area contributed by atoms with Crippen molar-refractivity contribution < 1.29 is 9.76 Å². The molecule has 1 rings (SSSR count). The molecule has 1 N–H and O–H groups in total. The molecule has 1 aromatic carbocycles. The average Bonchev–Trinajstić information content (AvgIpc) is 2.03. The van der Waals surface area contributed by atoms with Crippen LogP contribution in [0.2, 0.25) is 0 Å². The largest absolute Gasteiger partial charge is 0.498 e. The Hall–Kier alpha value is -0.955. The Morgan fingerprint density at radius 2 is 2.50 bits per heavy atom. The molecule has 0 atom stereocenters. The summed E-state index contributed by atoms with van der Waals surface area (Å²) in [6, 6.07) is 10.2. The molecule has 0 aliphatic heterocycles. The molecule has 3 heteroatoms. The smallest absolute Gasteiger partial charge is 0.311 e. The summed E-state index contributed by atoms with van der Waals surface area (Å²) in [7, 11) is 0.0444. The molecule has 0 unspecified atom stereocenters. The highest BCUT2D eigenvalue weighted by Gasteiger charge is 1.89. The Morgan fingerprint density at radius 1 is 1.60 bits per heavy atom. The predicted octanol–water partition coefficient (Wildman–Crippen LogP) is 0.167. The first-order chi connectivity index (χ1) is 4.93. The molecule has 0 aliphatic rings. The van der Waals surface area contributed by atoms with E-state index in [0.717, 1.165) is 0 Å². The van der Waals surface area contributed by atoms with Gasteiger partial charge in [0.1, 0.15) is 5.75 Å². The van der Waals surface area contributed by atoms with Gasteiger partial charge in [-0.1, -0.05) is 18.2 Å². The van der Waals surface area contributed by atoms with Gasteiger partial charge < -0.3 is 9.76 Å². The highest BCUT2D eigenvalue weighted by Crippen LogP contribution is 2.05. The molecule has 0 spiro atoms. The first-order valence-corrected chi connectivity index (χ1v) is 3.14. The van der Waals surface area contributed by atoms with Gasteiger partial charge in [0.2, 0.25) is 0 Å². The van der Waals surface area contributed by atoms with E-state index in [0.29, 0.717) is 12.3 Å². The second-order valence-electron chi connectivity index (χ2n) is 1.80. The highest BCUT2D eigenvalue weighted by atomic mass is 16.5. The normalized spacial score (nSPS) is 8.90. The topological polar surface area (TPSA) is 29.5 Å². The van der Waals surface area contributed by atoms with E-state index in [9.17, 15) is 0 Å². The van der Waals surface area contributed by atoms with Crippen molar-refractivity contribution in [3.05, 3.63) is 30.3 Å². The maximum Gasteiger partial charge on any atom is 0.311 e. The summed E-state index contributed by atoms with van der Waals surface area (Å²) < 4.78 is 5.05. The van der Waals surface area contributed by atoms with E-state index in [1.54, 1.807) is 12.1 Å². The number of rotatable bonds is 3. The molecule has 51 valence electrons. The van der Waals surface area contributed by atoms with Crippen LogP contribution in [0, 0.1) is 6.07 Å². The Morgan fingerprint density at radius 3 is 3.10 bits per heavy atom. The van der Waals surface area contributed by atoms with Crippen LogP contribution in [0.5, 0.6) is 5.75 Å². The summed E-state index contributed by atoms with van der Waals surface area (Å²) in [6.07, 6.45) is 0. The van der Waals surface area contributed by atoms with Gasteiger partial charge in [0.05, 0.1) is 6.51 Å². The van der Waals surface area contributed by atoms with Gasteiger partial charge in [-0.15, -0.1) is 0 Å². The minimum atomic E-state index is 0.0444. The van der Waals surface area contributed by atoms with Gasteiger partial charge in [-0.2, -0.15) is 0 Å². The zero-order valence-electron chi connectivity index (χ0n) is 5.58. The highest BCUT2D eigenvalue weighted by molar-refractivity contribution is 6.24. The van der Waals surface area contributed by atoms with Crippen LogP contribution >= 0.6 is 0 Å².